The smallest absolute Gasteiger partial charge is 0.245 e. The van der Waals surface area contributed by atoms with Crippen LogP contribution < -0.4 is 5.32 Å². The largest absolute Gasteiger partial charge is 0.339 e. The van der Waals surface area contributed by atoms with Crippen LogP contribution in [0.1, 0.15) is 12.5 Å². The second-order valence-electron chi connectivity index (χ2n) is 6.82. The number of nitrogens with one attached hydrogen (secondary N) is 1. The molecular formula is C19H26N4O3. The van der Waals surface area contributed by atoms with Gasteiger partial charge in [0.05, 0.1) is 6.54 Å². The minimum Gasteiger partial charge on any atom is -0.339 e. The van der Waals surface area contributed by atoms with Crippen LogP contribution in [0.25, 0.3) is 0 Å². The molecule has 26 heavy (non-hydrogen) atoms. The van der Waals surface area contributed by atoms with Crippen molar-refractivity contribution in [3.05, 3.63) is 35.9 Å². The van der Waals surface area contributed by atoms with Gasteiger partial charge in [-0.2, -0.15) is 0 Å². The van der Waals surface area contributed by atoms with Crippen LogP contribution in [-0.4, -0.2) is 84.3 Å². The van der Waals surface area contributed by atoms with Gasteiger partial charge in [-0.25, -0.2) is 0 Å². The van der Waals surface area contributed by atoms with E-state index in [4.69, 9.17) is 0 Å². The Hall–Kier alpha value is -2.41. The van der Waals surface area contributed by atoms with Gasteiger partial charge in [-0.3, -0.25) is 14.4 Å². The van der Waals surface area contributed by atoms with Gasteiger partial charge in [0, 0.05) is 32.7 Å². The van der Waals surface area contributed by atoms with Crippen molar-refractivity contribution in [2.75, 3.05) is 45.8 Å². The van der Waals surface area contributed by atoms with Crippen molar-refractivity contribution in [3.63, 3.8) is 0 Å². The van der Waals surface area contributed by atoms with Gasteiger partial charge in [0.15, 0.2) is 0 Å². The predicted octanol–water partition coefficient (Wildman–Crippen LogP) is -0.280. The molecule has 1 aromatic carbocycles. The molecule has 2 heterocycles. The lowest BCUT2D eigenvalue weighted by molar-refractivity contribution is -0.157. The molecule has 0 unspecified atom stereocenters. The average molecular weight is 358 g/mol. The summed E-state index contributed by atoms with van der Waals surface area (Å²) in [5, 5.41) is 3.20. The van der Waals surface area contributed by atoms with Crippen LogP contribution in [0.2, 0.25) is 0 Å². The van der Waals surface area contributed by atoms with Crippen molar-refractivity contribution in [2.45, 2.75) is 19.4 Å². The Labute approximate surface area is 153 Å². The summed E-state index contributed by atoms with van der Waals surface area (Å²) >= 11 is 0. The number of nitrogens with zero attached hydrogens (tertiary/aromatic N) is 3. The van der Waals surface area contributed by atoms with Crippen molar-refractivity contribution < 1.29 is 14.4 Å². The number of hydrogen-bond donors (Lipinski definition) is 1. The van der Waals surface area contributed by atoms with Crippen molar-refractivity contribution >= 4 is 17.7 Å². The highest BCUT2D eigenvalue weighted by atomic mass is 16.2. The van der Waals surface area contributed by atoms with Crippen molar-refractivity contribution in [1.29, 1.82) is 0 Å². The molecule has 7 nitrogen and oxygen atoms in total. The summed E-state index contributed by atoms with van der Waals surface area (Å²) in [6.07, 6.45) is 0.715. The van der Waals surface area contributed by atoms with Crippen LogP contribution in [0.15, 0.2) is 30.3 Å². The van der Waals surface area contributed by atoms with Gasteiger partial charge >= 0.3 is 0 Å². The fraction of sp³-hybridized carbons (Fsp3) is 0.526. The number of carbonyl (C=O) groups is 3. The van der Waals surface area contributed by atoms with Crippen molar-refractivity contribution in [1.82, 2.24) is 20.0 Å². The maximum absolute atomic E-state index is 12.7. The lowest BCUT2D eigenvalue weighted by Gasteiger charge is -2.39. The van der Waals surface area contributed by atoms with E-state index in [1.165, 1.54) is 4.90 Å². The SMILES string of the molecule is C[C@@H]1C(=O)N(CCc2ccccc2)CC(=O)N1CC(=O)N1CCNCC1. The molecule has 1 atom stereocenters. The summed E-state index contributed by atoms with van der Waals surface area (Å²) in [6.45, 7) is 5.07. The molecule has 1 aromatic rings. The second-order valence-corrected chi connectivity index (χ2v) is 6.82. The van der Waals surface area contributed by atoms with Crippen molar-refractivity contribution in [3.8, 4) is 0 Å². The Bertz CT molecular complexity index is 658. The van der Waals surface area contributed by atoms with E-state index < -0.39 is 6.04 Å². The Kier molecular flexibility index (Phi) is 5.88. The molecule has 0 spiro atoms. The van der Waals surface area contributed by atoms with Gasteiger partial charge in [-0.05, 0) is 18.9 Å². The lowest BCUT2D eigenvalue weighted by atomic mass is 10.1. The fourth-order valence-electron chi connectivity index (χ4n) is 3.43. The summed E-state index contributed by atoms with van der Waals surface area (Å²) in [7, 11) is 0. The highest BCUT2D eigenvalue weighted by Crippen LogP contribution is 2.14. The molecule has 2 saturated heterocycles. The van der Waals surface area contributed by atoms with Crippen LogP contribution in [0, 0.1) is 0 Å². The molecule has 0 saturated carbocycles. The van der Waals surface area contributed by atoms with Gasteiger partial charge < -0.3 is 20.0 Å². The van der Waals surface area contributed by atoms with Crippen LogP contribution >= 0.6 is 0 Å². The van der Waals surface area contributed by atoms with Crippen molar-refractivity contribution in [2.24, 2.45) is 0 Å². The van der Waals surface area contributed by atoms with E-state index in [0.717, 1.165) is 18.7 Å². The molecular weight excluding hydrogens is 332 g/mol. The predicted molar refractivity (Wildman–Crippen MR) is 97.4 cm³/mol. The molecule has 3 amide bonds. The average Bonchev–Trinajstić information content (AvgIpc) is 2.68. The maximum Gasteiger partial charge on any atom is 0.245 e. The number of rotatable bonds is 5. The molecule has 0 aromatic heterocycles. The summed E-state index contributed by atoms with van der Waals surface area (Å²) < 4.78 is 0. The first-order chi connectivity index (χ1) is 12.6. The topological polar surface area (TPSA) is 73.0 Å². The van der Waals surface area contributed by atoms with Gasteiger partial charge in [0.1, 0.15) is 12.6 Å². The Morgan fingerprint density at radius 3 is 2.54 bits per heavy atom. The number of hydrogen-bond acceptors (Lipinski definition) is 4. The highest BCUT2D eigenvalue weighted by Gasteiger charge is 2.37. The van der Waals surface area contributed by atoms with E-state index in [9.17, 15) is 14.4 Å². The number of carbonyl (C=O) groups excluding carboxylic acids is 3. The van der Waals surface area contributed by atoms with Gasteiger partial charge in [-0.15, -0.1) is 0 Å². The molecule has 2 aliphatic heterocycles. The van der Waals surface area contributed by atoms with Crippen LogP contribution in [0.3, 0.4) is 0 Å². The first-order valence-corrected chi connectivity index (χ1v) is 9.17. The molecule has 2 fully saturated rings. The first-order valence-electron chi connectivity index (χ1n) is 9.17. The third-order valence-corrected chi connectivity index (χ3v) is 5.07. The van der Waals surface area contributed by atoms with Gasteiger partial charge in [-0.1, -0.05) is 30.3 Å². The standard InChI is InChI=1S/C19H26N4O3/c1-15-19(26)22(10-7-16-5-3-2-4-6-16)13-18(25)23(15)14-17(24)21-11-8-20-9-12-21/h2-6,15,20H,7-14H2,1H3/t15-/m1/s1. The quantitative estimate of drug-likeness (QED) is 0.786. The molecule has 0 radical (unpaired) electrons. The molecule has 7 heteroatoms. The maximum atomic E-state index is 12.7. The van der Waals surface area contributed by atoms with Crippen LogP contribution in [0.4, 0.5) is 0 Å². The zero-order chi connectivity index (χ0) is 18.5. The van der Waals surface area contributed by atoms with E-state index in [1.54, 1.807) is 16.7 Å². The molecule has 0 bridgehead atoms. The van der Waals surface area contributed by atoms with Gasteiger partial charge in [0.25, 0.3) is 0 Å². The monoisotopic (exact) mass is 358 g/mol. The fourth-order valence-corrected chi connectivity index (χ4v) is 3.43. The summed E-state index contributed by atoms with van der Waals surface area (Å²) in [4.78, 5) is 42.4. The molecule has 2 aliphatic rings. The van der Waals surface area contributed by atoms with E-state index in [2.05, 4.69) is 5.32 Å². The zero-order valence-electron chi connectivity index (χ0n) is 15.2. The van der Waals surface area contributed by atoms with E-state index in [1.807, 2.05) is 30.3 Å². The van der Waals surface area contributed by atoms with E-state index in [0.29, 0.717) is 26.1 Å². The Morgan fingerprint density at radius 1 is 1.15 bits per heavy atom. The van der Waals surface area contributed by atoms with E-state index in [-0.39, 0.29) is 30.8 Å². The first kappa shape index (κ1) is 18.4. The van der Waals surface area contributed by atoms with Gasteiger partial charge in [0.2, 0.25) is 17.7 Å². The minimum atomic E-state index is -0.598. The third-order valence-electron chi connectivity index (χ3n) is 5.07. The van der Waals surface area contributed by atoms with Crippen LogP contribution in [0.5, 0.6) is 0 Å². The summed E-state index contributed by atoms with van der Waals surface area (Å²) in [5.41, 5.74) is 1.14. The molecule has 3 rings (SSSR count). The Balaban J connectivity index is 1.57. The molecule has 1 N–H and O–H groups in total. The zero-order valence-corrected chi connectivity index (χ0v) is 15.2. The number of amides is 3. The lowest BCUT2D eigenvalue weighted by Crippen LogP contribution is -2.61. The Morgan fingerprint density at radius 2 is 1.85 bits per heavy atom. The normalized spacial score (nSPS) is 21.3. The highest BCUT2D eigenvalue weighted by molar-refractivity contribution is 5.96. The van der Waals surface area contributed by atoms with E-state index >= 15 is 0 Å². The van der Waals surface area contributed by atoms with Crippen LogP contribution in [-0.2, 0) is 20.8 Å². The summed E-state index contributed by atoms with van der Waals surface area (Å²) in [6, 6.07) is 9.30. The third kappa shape index (κ3) is 4.22. The second kappa shape index (κ2) is 8.31. The molecule has 0 aliphatic carbocycles. The minimum absolute atomic E-state index is 0.0156. The summed E-state index contributed by atoms with van der Waals surface area (Å²) in [5.74, 6) is -0.334. The number of piperazine rings is 2. The number of benzene rings is 1. The molecule has 140 valence electrons.